The van der Waals surface area contributed by atoms with E-state index in [4.69, 9.17) is 19.8 Å². The number of carbonyl (C=O) groups is 2. The number of hydroxylamine groups is 1. The van der Waals surface area contributed by atoms with E-state index < -0.39 is 31.9 Å². The summed E-state index contributed by atoms with van der Waals surface area (Å²) in [5, 5.41) is 17.0. The number of aliphatic carboxylic acids is 1. The van der Waals surface area contributed by atoms with Gasteiger partial charge < -0.3 is 14.6 Å². The van der Waals surface area contributed by atoms with Crippen LogP contribution in [0.1, 0.15) is 26.7 Å². The quantitative estimate of drug-likeness (QED) is 0.157. The smallest absolute Gasteiger partial charge is 0.304 e. The number of rotatable bonds is 14. The van der Waals surface area contributed by atoms with Crippen molar-refractivity contribution >= 4 is 31.9 Å². The van der Waals surface area contributed by atoms with Crippen molar-refractivity contribution in [2.45, 2.75) is 36.5 Å². The number of benzene rings is 2. The summed E-state index contributed by atoms with van der Waals surface area (Å²) in [6.45, 7) is 3.75. The van der Waals surface area contributed by atoms with Crippen molar-refractivity contribution in [1.82, 2.24) is 14.1 Å². The first-order chi connectivity index (χ1) is 20.3. The number of nitrogens with one attached hydrogen (secondary N) is 1. The highest BCUT2D eigenvalue weighted by Gasteiger charge is 2.22. The molecule has 15 heteroatoms. The SMILES string of the molecule is CC#CCOc1ccc(S(=O)(=O)N(C)CCC(=O)NO)cc1.CC#CCOc1ccc(S(=O)(=O)N(C)CCC(=O)O)cc1. The van der Waals surface area contributed by atoms with Crippen LogP contribution >= 0.6 is 0 Å². The first kappa shape index (κ1) is 36.9. The average molecular weight is 638 g/mol. The minimum atomic E-state index is -3.70. The van der Waals surface area contributed by atoms with Crippen molar-refractivity contribution in [3.05, 3.63) is 48.5 Å². The lowest BCUT2D eigenvalue weighted by atomic mass is 10.3. The Morgan fingerprint density at radius 1 is 0.744 bits per heavy atom. The van der Waals surface area contributed by atoms with Gasteiger partial charge in [-0.2, -0.15) is 0 Å². The van der Waals surface area contributed by atoms with Gasteiger partial charge in [0.05, 0.1) is 16.2 Å². The Morgan fingerprint density at radius 2 is 1.12 bits per heavy atom. The fourth-order valence-electron chi connectivity index (χ4n) is 2.97. The summed E-state index contributed by atoms with van der Waals surface area (Å²) in [6.07, 6.45) is -0.379. The highest BCUT2D eigenvalue weighted by molar-refractivity contribution is 7.89. The van der Waals surface area contributed by atoms with Crippen LogP contribution in [0.4, 0.5) is 0 Å². The molecule has 0 atom stereocenters. The molecule has 1 amide bonds. The molecular weight excluding hydrogens is 602 g/mol. The van der Waals surface area contributed by atoms with Crippen molar-refractivity contribution in [1.29, 1.82) is 0 Å². The normalized spacial score (nSPS) is 10.8. The summed E-state index contributed by atoms with van der Waals surface area (Å²) in [7, 11) is -4.68. The van der Waals surface area contributed by atoms with Crippen LogP contribution in [0.3, 0.4) is 0 Å². The molecule has 13 nitrogen and oxygen atoms in total. The summed E-state index contributed by atoms with van der Waals surface area (Å²) in [5.74, 6) is 10.2. The molecule has 0 saturated carbocycles. The molecule has 0 spiro atoms. The number of nitrogens with zero attached hydrogens (tertiary/aromatic N) is 2. The predicted molar refractivity (Wildman–Crippen MR) is 157 cm³/mol. The van der Waals surface area contributed by atoms with Gasteiger partial charge in [-0.25, -0.2) is 30.9 Å². The number of sulfonamides is 2. The Balaban J connectivity index is 0.000000430. The van der Waals surface area contributed by atoms with Crippen LogP contribution in [0, 0.1) is 23.7 Å². The van der Waals surface area contributed by atoms with E-state index in [1.807, 2.05) is 0 Å². The van der Waals surface area contributed by atoms with Gasteiger partial charge in [0, 0.05) is 33.6 Å². The zero-order valence-corrected chi connectivity index (χ0v) is 25.9. The van der Waals surface area contributed by atoms with Gasteiger partial charge in [0.2, 0.25) is 26.0 Å². The summed E-state index contributed by atoms with van der Waals surface area (Å²) in [4.78, 5) is 21.6. The number of carboxylic acid groups (broad SMARTS) is 1. The molecule has 0 aliphatic carbocycles. The van der Waals surface area contributed by atoms with Crippen LogP contribution in [0.25, 0.3) is 0 Å². The topological polar surface area (TPSA) is 180 Å². The Labute approximate surface area is 252 Å². The summed E-state index contributed by atoms with van der Waals surface area (Å²) in [6, 6.07) is 11.8. The van der Waals surface area contributed by atoms with E-state index in [-0.39, 0.29) is 48.9 Å². The fourth-order valence-corrected chi connectivity index (χ4v) is 5.31. The van der Waals surface area contributed by atoms with Crippen molar-refractivity contribution < 1.29 is 46.2 Å². The first-order valence-electron chi connectivity index (χ1n) is 12.6. The molecule has 2 aromatic carbocycles. The van der Waals surface area contributed by atoms with E-state index >= 15 is 0 Å². The Morgan fingerprint density at radius 3 is 1.44 bits per heavy atom. The molecular formula is C28H35N3O10S2. The third kappa shape index (κ3) is 12.7. The minimum absolute atomic E-state index is 0.0426. The monoisotopic (exact) mass is 637 g/mol. The second-order valence-corrected chi connectivity index (χ2v) is 12.5. The van der Waals surface area contributed by atoms with Crippen LogP contribution in [0.15, 0.2) is 58.3 Å². The predicted octanol–water partition coefficient (Wildman–Crippen LogP) is 1.79. The van der Waals surface area contributed by atoms with Crippen molar-refractivity contribution in [3.63, 3.8) is 0 Å². The lowest BCUT2D eigenvalue weighted by Crippen LogP contribution is -2.31. The largest absolute Gasteiger partial charge is 0.481 e. The van der Waals surface area contributed by atoms with Gasteiger partial charge in [-0.15, -0.1) is 11.8 Å². The van der Waals surface area contributed by atoms with Crippen molar-refractivity contribution in [3.8, 4) is 35.2 Å². The van der Waals surface area contributed by atoms with E-state index in [9.17, 15) is 26.4 Å². The summed E-state index contributed by atoms with van der Waals surface area (Å²) in [5.41, 5.74) is 1.46. The van der Waals surface area contributed by atoms with Crippen LogP contribution in [0.5, 0.6) is 11.5 Å². The molecule has 2 rings (SSSR count). The second kappa shape index (κ2) is 18.4. The molecule has 0 saturated heterocycles. The number of ether oxygens (including phenoxy) is 2. The molecule has 0 heterocycles. The standard InChI is InChI=1S/C14H18N2O5S.C14H17NO5S/c1-3-4-11-21-12-5-7-13(8-6-12)22(19,20)16(2)10-9-14(17)15-18;1-3-4-11-20-12-5-7-13(8-6-12)21(18,19)15(2)10-9-14(16)17/h5-8,18H,9-11H2,1-2H3,(H,15,17);5-8H,9-11H2,1-2H3,(H,16,17). The number of hydrogen-bond donors (Lipinski definition) is 3. The molecule has 0 unspecified atom stereocenters. The lowest BCUT2D eigenvalue weighted by Gasteiger charge is -2.16. The molecule has 0 fully saturated rings. The molecule has 234 valence electrons. The van der Waals surface area contributed by atoms with Crippen molar-refractivity contribution in [2.75, 3.05) is 40.4 Å². The fraction of sp³-hybridized carbons (Fsp3) is 0.357. The molecule has 3 N–H and O–H groups in total. The zero-order chi connectivity index (χ0) is 32.5. The average Bonchev–Trinajstić information content (AvgIpc) is 2.99. The number of carboxylic acids is 1. The summed E-state index contributed by atoms with van der Waals surface area (Å²) < 4.78 is 61.6. The molecule has 2 aromatic rings. The molecule has 0 bridgehead atoms. The van der Waals surface area contributed by atoms with Gasteiger partial charge in [-0.05, 0) is 62.4 Å². The number of amides is 1. The molecule has 0 aliphatic heterocycles. The third-order valence-electron chi connectivity index (χ3n) is 5.46. The van der Waals surface area contributed by atoms with Gasteiger partial charge in [-0.1, -0.05) is 11.8 Å². The molecule has 0 radical (unpaired) electrons. The van der Waals surface area contributed by atoms with Crippen molar-refractivity contribution in [2.24, 2.45) is 0 Å². The maximum Gasteiger partial charge on any atom is 0.304 e. The van der Waals surface area contributed by atoms with E-state index in [2.05, 4.69) is 23.7 Å². The van der Waals surface area contributed by atoms with Gasteiger partial charge in [0.15, 0.2) is 0 Å². The summed E-state index contributed by atoms with van der Waals surface area (Å²) >= 11 is 0. The third-order valence-corrected chi connectivity index (χ3v) is 9.20. The molecule has 0 aromatic heterocycles. The van der Waals surface area contributed by atoms with Crippen LogP contribution < -0.4 is 15.0 Å². The van der Waals surface area contributed by atoms with Gasteiger partial charge >= 0.3 is 5.97 Å². The Kier molecular flexibility index (Phi) is 15.8. The maximum absolute atomic E-state index is 12.3. The van der Waals surface area contributed by atoms with Gasteiger partial charge in [0.1, 0.15) is 24.7 Å². The van der Waals surface area contributed by atoms with Crippen LogP contribution in [-0.4, -0.2) is 88.0 Å². The highest BCUT2D eigenvalue weighted by atomic mass is 32.2. The zero-order valence-electron chi connectivity index (χ0n) is 24.2. The van der Waals surface area contributed by atoms with E-state index in [1.54, 1.807) is 26.0 Å². The number of carbonyl (C=O) groups excluding carboxylic acids is 1. The lowest BCUT2D eigenvalue weighted by molar-refractivity contribution is -0.137. The van der Waals surface area contributed by atoms with Gasteiger partial charge in [-0.3, -0.25) is 14.8 Å². The first-order valence-corrected chi connectivity index (χ1v) is 15.5. The molecule has 0 aliphatic rings. The Hall–Kier alpha value is -4.12. The van der Waals surface area contributed by atoms with Gasteiger partial charge in [0.25, 0.3) is 0 Å². The Bertz CT molecular complexity index is 1540. The second-order valence-electron chi connectivity index (χ2n) is 8.46. The number of hydrogen-bond acceptors (Lipinski definition) is 9. The van der Waals surface area contributed by atoms with E-state index in [0.29, 0.717) is 11.5 Å². The van der Waals surface area contributed by atoms with Crippen LogP contribution in [-0.2, 0) is 29.6 Å². The maximum atomic E-state index is 12.3. The minimum Gasteiger partial charge on any atom is -0.481 e. The molecule has 43 heavy (non-hydrogen) atoms. The van der Waals surface area contributed by atoms with Crippen LogP contribution in [0.2, 0.25) is 0 Å². The van der Waals surface area contributed by atoms with E-state index in [0.717, 1.165) is 8.61 Å². The highest BCUT2D eigenvalue weighted by Crippen LogP contribution is 2.20. The van der Waals surface area contributed by atoms with E-state index in [1.165, 1.54) is 56.0 Å².